The number of carbonyl (C=O) groups is 1. The Balaban J connectivity index is 1.78. The van der Waals surface area contributed by atoms with E-state index in [0.29, 0.717) is 22.2 Å². The van der Waals surface area contributed by atoms with Gasteiger partial charge in [-0.25, -0.2) is 22.2 Å². The van der Waals surface area contributed by atoms with Gasteiger partial charge in [0.1, 0.15) is 22.9 Å². The molecule has 0 spiro atoms. The van der Waals surface area contributed by atoms with Crippen LogP contribution in [0.1, 0.15) is 29.3 Å². The van der Waals surface area contributed by atoms with Crippen LogP contribution in [0.2, 0.25) is 5.02 Å². The third-order valence-electron chi connectivity index (χ3n) is 5.11. The minimum absolute atomic E-state index is 0.0163. The number of aromatic nitrogens is 2. The maximum Gasteiger partial charge on any atom is 0.232 e. The second-order valence-electron chi connectivity index (χ2n) is 7.52. The number of phenols is 1. The van der Waals surface area contributed by atoms with Crippen LogP contribution >= 0.6 is 11.6 Å². The normalized spacial score (nSPS) is 11.6. The van der Waals surface area contributed by atoms with E-state index >= 15 is 4.39 Å². The number of phenolic OH excluding ortho intramolecular Hbond substituents is 1. The summed E-state index contributed by atoms with van der Waals surface area (Å²) in [5.74, 6) is -3.60. The molecule has 0 amide bonds. The van der Waals surface area contributed by atoms with Gasteiger partial charge in [0.2, 0.25) is 10.0 Å². The minimum atomic E-state index is -3.99. The lowest BCUT2D eigenvalue weighted by atomic mass is 10.00. The van der Waals surface area contributed by atoms with Crippen molar-refractivity contribution < 1.29 is 27.1 Å². The van der Waals surface area contributed by atoms with E-state index < -0.39 is 38.7 Å². The highest BCUT2D eigenvalue weighted by atomic mass is 35.5. The Bertz CT molecular complexity index is 1540. The fraction of sp³-hybridized carbons (Fsp3) is 0.130. The first-order valence-corrected chi connectivity index (χ1v) is 12.1. The third kappa shape index (κ3) is 4.46. The summed E-state index contributed by atoms with van der Waals surface area (Å²) in [6, 6.07) is 7.80. The predicted octanol–water partition coefficient (Wildman–Crippen LogP) is 5.25. The summed E-state index contributed by atoms with van der Waals surface area (Å²) in [6.45, 7) is 1.61. The number of rotatable bonds is 7. The maximum atomic E-state index is 15.1. The van der Waals surface area contributed by atoms with Gasteiger partial charge in [-0.3, -0.25) is 9.52 Å². The first kappa shape index (κ1) is 23.7. The zero-order valence-corrected chi connectivity index (χ0v) is 19.3. The number of hydrogen-bond acceptors (Lipinski definition) is 5. The molecule has 0 aliphatic carbocycles. The third-order valence-corrected chi connectivity index (χ3v) is 6.88. The Morgan fingerprint density at radius 3 is 2.65 bits per heavy atom. The van der Waals surface area contributed by atoms with Crippen LogP contribution in [-0.2, 0) is 10.0 Å². The molecule has 3 N–H and O–H groups in total. The standard InChI is InChI=1S/C23H18ClF2N3O4S/c1-2-7-34(32,33)29-21-19(25)6-5-15(20(21)26)22(31)17-11-28-23-16(17)8-12(10-27-23)14-4-3-13(30)9-18(14)24/h3-6,8-11,29-30H,2,7H2,1H3,(H,27,28). The molecular weight excluding hydrogens is 488 g/mol. The topological polar surface area (TPSA) is 112 Å². The van der Waals surface area contributed by atoms with Crippen LogP contribution in [0.3, 0.4) is 0 Å². The second-order valence-corrected chi connectivity index (χ2v) is 9.77. The number of hydrogen-bond donors (Lipinski definition) is 3. The highest BCUT2D eigenvalue weighted by Gasteiger charge is 2.25. The zero-order chi connectivity index (χ0) is 24.6. The largest absolute Gasteiger partial charge is 0.508 e. The summed E-state index contributed by atoms with van der Waals surface area (Å²) in [5.41, 5.74) is 0.0618. The van der Waals surface area contributed by atoms with E-state index in [4.69, 9.17) is 11.6 Å². The van der Waals surface area contributed by atoms with E-state index in [1.165, 1.54) is 24.5 Å². The van der Waals surface area contributed by atoms with Crippen molar-refractivity contribution >= 4 is 44.1 Å². The first-order valence-electron chi connectivity index (χ1n) is 10.1. The van der Waals surface area contributed by atoms with Gasteiger partial charge in [0, 0.05) is 34.5 Å². The molecule has 2 heterocycles. The van der Waals surface area contributed by atoms with Gasteiger partial charge in [-0.1, -0.05) is 18.5 Å². The van der Waals surface area contributed by atoms with Gasteiger partial charge < -0.3 is 10.1 Å². The quantitative estimate of drug-likeness (QED) is 0.297. The van der Waals surface area contributed by atoms with E-state index in [9.17, 15) is 22.7 Å². The van der Waals surface area contributed by atoms with Crippen molar-refractivity contribution in [1.29, 1.82) is 0 Å². The van der Waals surface area contributed by atoms with E-state index in [1.807, 2.05) is 4.72 Å². The molecule has 4 aromatic rings. The summed E-state index contributed by atoms with van der Waals surface area (Å²) in [5, 5.41) is 10.2. The number of aromatic amines is 1. The summed E-state index contributed by atoms with van der Waals surface area (Å²) in [6.07, 6.45) is 3.10. The van der Waals surface area contributed by atoms with Crippen molar-refractivity contribution in [3.05, 3.63) is 76.6 Å². The van der Waals surface area contributed by atoms with E-state index in [0.717, 1.165) is 12.1 Å². The van der Waals surface area contributed by atoms with E-state index in [1.54, 1.807) is 19.1 Å². The van der Waals surface area contributed by atoms with Gasteiger partial charge >= 0.3 is 0 Å². The number of nitrogens with one attached hydrogen (secondary N) is 2. The van der Waals surface area contributed by atoms with Crippen LogP contribution in [0.5, 0.6) is 5.75 Å². The number of fused-ring (bicyclic) bond motifs is 1. The van der Waals surface area contributed by atoms with E-state index in [-0.39, 0.29) is 28.5 Å². The average Bonchev–Trinajstić information content (AvgIpc) is 3.19. The van der Waals surface area contributed by atoms with Crippen molar-refractivity contribution in [1.82, 2.24) is 9.97 Å². The first-order chi connectivity index (χ1) is 16.1. The summed E-state index contributed by atoms with van der Waals surface area (Å²) >= 11 is 6.21. The molecule has 0 fully saturated rings. The molecular formula is C23H18ClF2N3O4S. The lowest BCUT2D eigenvalue weighted by molar-refractivity contribution is 0.103. The fourth-order valence-electron chi connectivity index (χ4n) is 3.52. The van der Waals surface area contributed by atoms with Crippen LogP contribution in [-0.4, -0.2) is 35.0 Å². The lowest BCUT2D eigenvalue weighted by Crippen LogP contribution is -2.19. The molecule has 176 valence electrons. The highest BCUT2D eigenvalue weighted by molar-refractivity contribution is 7.92. The monoisotopic (exact) mass is 505 g/mol. The molecule has 34 heavy (non-hydrogen) atoms. The number of carbonyl (C=O) groups excluding carboxylic acids is 1. The second kappa shape index (κ2) is 9.03. The Kier molecular flexibility index (Phi) is 6.28. The molecule has 0 aliphatic rings. The number of halogens is 3. The highest BCUT2D eigenvalue weighted by Crippen LogP contribution is 2.33. The molecule has 0 radical (unpaired) electrons. The summed E-state index contributed by atoms with van der Waals surface area (Å²) < 4.78 is 55.3. The van der Waals surface area contributed by atoms with Gasteiger partial charge in [0.15, 0.2) is 11.6 Å². The van der Waals surface area contributed by atoms with Crippen LogP contribution in [0, 0.1) is 11.6 Å². The Hall–Kier alpha value is -3.50. The Labute approximate surface area is 198 Å². The smallest absolute Gasteiger partial charge is 0.232 e. The van der Waals surface area contributed by atoms with Crippen molar-refractivity contribution in [3.63, 3.8) is 0 Å². The van der Waals surface area contributed by atoms with Gasteiger partial charge in [-0.15, -0.1) is 0 Å². The molecule has 0 saturated carbocycles. The fourth-order valence-corrected chi connectivity index (χ4v) is 4.94. The number of pyridine rings is 1. The molecule has 2 aromatic carbocycles. The van der Waals surface area contributed by atoms with Crippen molar-refractivity contribution in [2.24, 2.45) is 0 Å². The Morgan fingerprint density at radius 1 is 1.18 bits per heavy atom. The number of aromatic hydroxyl groups is 1. The van der Waals surface area contributed by atoms with Crippen LogP contribution in [0.25, 0.3) is 22.2 Å². The molecule has 0 bridgehead atoms. The molecule has 11 heteroatoms. The number of anilines is 1. The zero-order valence-electron chi connectivity index (χ0n) is 17.7. The van der Waals surface area contributed by atoms with E-state index in [2.05, 4.69) is 9.97 Å². The van der Waals surface area contributed by atoms with Crippen molar-refractivity contribution in [2.75, 3.05) is 10.5 Å². The predicted molar refractivity (Wildman–Crippen MR) is 126 cm³/mol. The number of sulfonamides is 1. The molecule has 4 rings (SSSR count). The lowest BCUT2D eigenvalue weighted by Gasteiger charge is -2.11. The molecule has 0 aliphatic heterocycles. The summed E-state index contributed by atoms with van der Waals surface area (Å²) in [4.78, 5) is 20.3. The minimum Gasteiger partial charge on any atom is -0.508 e. The van der Waals surface area contributed by atoms with Gasteiger partial charge in [0.25, 0.3) is 0 Å². The molecule has 0 unspecified atom stereocenters. The number of benzene rings is 2. The molecule has 7 nitrogen and oxygen atoms in total. The number of H-pyrrole nitrogens is 1. The summed E-state index contributed by atoms with van der Waals surface area (Å²) in [7, 11) is -3.99. The van der Waals surface area contributed by atoms with Crippen LogP contribution in [0.15, 0.2) is 48.8 Å². The SMILES string of the molecule is CCCS(=O)(=O)Nc1c(F)ccc(C(=O)c2c[nH]c3ncc(-c4ccc(O)cc4Cl)cc23)c1F. The number of ketones is 1. The van der Waals surface area contributed by atoms with Gasteiger partial charge in [0.05, 0.1) is 16.3 Å². The molecule has 0 saturated heterocycles. The van der Waals surface area contributed by atoms with Crippen molar-refractivity contribution in [2.45, 2.75) is 13.3 Å². The molecule has 2 aromatic heterocycles. The average molecular weight is 506 g/mol. The van der Waals surface area contributed by atoms with Gasteiger partial charge in [-0.05, 0) is 42.8 Å². The van der Waals surface area contributed by atoms with Crippen LogP contribution in [0.4, 0.5) is 14.5 Å². The van der Waals surface area contributed by atoms with Crippen LogP contribution < -0.4 is 4.72 Å². The maximum absolute atomic E-state index is 15.1. The molecule has 0 atom stereocenters. The Morgan fingerprint density at radius 2 is 1.94 bits per heavy atom. The number of nitrogens with zero attached hydrogens (tertiary/aromatic N) is 1. The van der Waals surface area contributed by atoms with Gasteiger partial charge in [-0.2, -0.15) is 0 Å². The van der Waals surface area contributed by atoms with Crippen molar-refractivity contribution in [3.8, 4) is 16.9 Å².